The molecule has 1 unspecified atom stereocenters. The van der Waals surface area contributed by atoms with E-state index in [0.717, 1.165) is 10.2 Å². The van der Waals surface area contributed by atoms with E-state index in [0.29, 0.717) is 10.9 Å². The Hall–Kier alpha value is -1.60. The molecular weight excluding hydrogens is 308 g/mol. The van der Waals surface area contributed by atoms with Gasteiger partial charge in [-0.25, -0.2) is 4.98 Å². The van der Waals surface area contributed by atoms with E-state index in [1.807, 2.05) is 24.3 Å². The van der Waals surface area contributed by atoms with E-state index >= 15 is 0 Å². The number of nitrogens with one attached hydrogen (secondary N) is 1. The van der Waals surface area contributed by atoms with Gasteiger partial charge in [-0.3, -0.25) is 9.59 Å². The summed E-state index contributed by atoms with van der Waals surface area (Å²) in [6, 6.07) is 7.73. The van der Waals surface area contributed by atoms with Gasteiger partial charge in [0.2, 0.25) is 5.91 Å². The highest BCUT2D eigenvalue weighted by Gasteiger charge is 2.14. The number of rotatable bonds is 6. The van der Waals surface area contributed by atoms with E-state index in [4.69, 9.17) is 0 Å². The van der Waals surface area contributed by atoms with Gasteiger partial charge in [-0.2, -0.15) is 11.8 Å². The van der Waals surface area contributed by atoms with Crippen LogP contribution in [0.3, 0.4) is 0 Å². The molecule has 1 amide bonds. The molecule has 2 aromatic rings. The summed E-state index contributed by atoms with van der Waals surface area (Å²) in [7, 11) is 1.36. The van der Waals surface area contributed by atoms with Crippen LogP contribution in [0.2, 0.25) is 0 Å². The molecule has 1 aromatic carbocycles. The standard InChI is InChI=1S/C14H16N2O3S2/c1-9(13(18)19-2)7-20-8-12(17)16-14-15-10-5-3-4-6-11(10)21-14/h3-6,9H,7-8H2,1-2H3,(H,15,16,17). The number of aromatic nitrogens is 1. The maximum Gasteiger partial charge on any atom is 0.309 e. The number of benzene rings is 1. The lowest BCUT2D eigenvalue weighted by molar-refractivity contribution is -0.144. The lowest BCUT2D eigenvalue weighted by Crippen LogP contribution is -2.18. The zero-order valence-electron chi connectivity index (χ0n) is 11.8. The fourth-order valence-corrected chi connectivity index (χ4v) is 3.43. The van der Waals surface area contributed by atoms with E-state index in [1.165, 1.54) is 30.2 Å². The predicted molar refractivity (Wildman–Crippen MR) is 86.8 cm³/mol. The number of thioether (sulfide) groups is 1. The molecule has 0 aliphatic carbocycles. The van der Waals surface area contributed by atoms with Crippen LogP contribution in [0.5, 0.6) is 0 Å². The number of amides is 1. The fourth-order valence-electron chi connectivity index (χ4n) is 1.68. The first-order chi connectivity index (χ1) is 10.1. The topological polar surface area (TPSA) is 68.3 Å². The van der Waals surface area contributed by atoms with Crippen LogP contribution in [0.25, 0.3) is 10.2 Å². The summed E-state index contributed by atoms with van der Waals surface area (Å²) in [4.78, 5) is 27.4. The lowest BCUT2D eigenvalue weighted by atomic mass is 10.2. The van der Waals surface area contributed by atoms with Crippen molar-refractivity contribution >= 4 is 50.3 Å². The Balaban J connectivity index is 1.80. The summed E-state index contributed by atoms with van der Waals surface area (Å²) in [6.45, 7) is 1.78. The summed E-state index contributed by atoms with van der Waals surface area (Å²) in [5.74, 6) is 0.262. The smallest absolute Gasteiger partial charge is 0.309 e. The van der Waals surface area contributed by atoms with Crippen molar-refractivity contribution in [3.05, 3.63) is 24.3 Å². The van der Waals surface area contributed by atoms with Crippen molar-refractivity contribution in [2.75, 3.05) is 23.9 Å². The number of anilines is 1. The minimum atomic E-state index is -0.255. The van der Waals surface area contributed by atoms with Crippen molar-refractivity contribution in [2.45, 2.75) is 6.92 Å². The van der Waals surface area contributed by atoms with Gasteiger partial charge in [0, 0.05) is 5.75 Å². The van der Waals surface area contributed by atoms with E-state index in [1.54, 1.807) is 6.92 Å². The summed E-state index contributed by atoms with van der Waals surface area (Å²) >= 11 is 2.85. The molecule has 1 atom stereocenters. The second kappa shape index (κ2) is 7.42. The number of ether oxygens (including phenoxy) is 1. The van der Waals surface area contributed by atoms with Crippen LogP contribution in [-0.4, -0.2) is 35.5 Å². The highest BCUT2D eigenvalue weighted by Crippen LogP contribution is 2.25. The van der Waals surface area contributed by atoms with Crippen LogP contribution in [0.15, 0.2) is 24.3 Å². The molecule has 0 aliphatic rings. The van der Waals surface area contributed by atoms with Gasteiger partial charge in [0.1, 0.15) is 0 Å². The number of carbonyl (C=O) groups is 2. The molecule has 112 valence electrons. The predicted octanol–water partition coefficient (Wildman–Crippen LogP) is 2.78. The monoisotopic (exact) mass is 324 g/mol. The van der Waals surface area contributed by atoms with Gasteiger partial charge in [0.15, 0.2) is 5.13 Å². The van der Waals surface area contributed by atoms with Crippen molar-refractivity contribution in [1.29, 1.82) is 0 Å². The number of carbonyl (C=O) groups excluding carboxylic acids is 2. The van der Waals surface area contributed by atoms with Crippen LogP contribution in [0, 0.1) is 5.92 Å². The van der Waals surface area contributed by atoms with Gasteiger partial charge in [-0.05, 0) is 12.1 Å². The van der Waals surface area contributed by atoms with Gasteiger partial charge in [-0.1, -0.05) is 30.4 Å². The van der Waals surface area contributed by atoms with Crippen LogP contribution in [0.1, 0.15) is 6.92 Å². The second-order valence-corrected chi connectivity index (χ2v) is 6.54. The highest BCUT2D eigenvalue weighted by atomic mass is 32.2. The molecule has 7 heteroatoms. The number of thiazole rings is 1. The molecule has 21 heavy (non-hydrogen) atoms. The van der Waals surface area contributed by atoms with E-state index in [-0.39, 0.29) is 23.5 Å². The third kappa shape index (κ3) is 4.44. The molecule has 0 bridgehead atoms. The average molecular weight is 324 g/mol. The molecule has 0 aliphatic heterocycles. The van der Waals surface area contributed by atoms with Crippen LogP contribution >= 0.6 is 23.1 Å². The third-order valence-electron chi connectivity index (χ3n) is 2.74. The number of fused-ring (bicyclic) bond motifs is 1. The Bertz CT molecular complexity index is 609. The largest absolute Gasteiger partial charge is 0.469 e. The first-order valence-corrected chi connectivity index (χ1v) is 8.38. The number of hydrogen-bond acceptors (Lipinski definition) is 6. The zero-order valence-corrected chi connectivity index (χ0v) is 13.4. The lowest BCUT2D eigenvalue weighted by Gasteiger charge is -2.07. The van der Waals surface area contributed by atoms with Crippen molar-refractivity contribution < 1.29 is 14.3 Å². The molecule has 1 heterocycles. The van der Waals surface area contributed by atoms with Crippen molar-refractivity contribution in [2.24, 2.45) is 5.92 Å². The van der Waals surface area contributed by atoms with Gasteiger partial charge in [-0.15, -0.1) is 0 Å². The Morgan fingerprint density at radius 2 is 2.19 bits per heavy atom. The van der Waals surface area contributed by atoms with Gasteiger partial charge >= 0.3 is 5.97 Å². The number of methoxy groups -OCH3 is 1. The van der Waals surface area contributed by atoms with E-state index in [9.17, 15) is 9.59 Å². The van der Waals surface area contributed by atoms with Crippen LogP contribution in [0.4, 0.5) is 5.13 Å². The quantitative estimate of drug-likeness (QED) is 0.828. The molecular formula is C14H16N2O3S2. The number of nitrogens with zero attached hydrogens (tertiary/aromatic N) is 1. The third-order valence-corrected chi connectivity index (χ3v) is 4.90. The van der Waals surface area contributed by atoms with Crippen LogP contribution in [-0.2, 0) is 14.3 Å². The minimum absolute atomic E-state index is 0.115. The Labute approximate surface area is 131 Å². The molecule has 0 saturated carbocycles. The highest BCUT2D eigenvalue weighted by molar-refractivity contribution is 8.00. The summed E-state index contributed by atoms with van der Waals surface area (Å²) in [5, 5.41) is 3.38. The van der Waals surface area contributed by atoms with Gasteiger partial charge in [0.25, 0.3) is 0 Å². The Morgan fingerprint density at radius 1 is 1.43 bits per heavy atom. The number of esters is 1. The minimum Gasteiger partial charge on any atom is -0.469 e. The molecule has 1 aromatic heterocycles. The first kappa shape index (κ1) is 15.8. The molecule has 0 saturated heterocycles. The summed E-state index contributed by atoms with van der Waals surface area (Å²) in [5.41, 5.74) is 0.879. The zero-order chi connectivity index (χ0) is 15.2. The normalized spacial score (nSPS) is 12.1. The van der Waals surface area contributed by atoms with Gasteiger partial charge < -0.3 is 10.1 Å². The molecule has 0 fully saturated rings. The van der Waals surface area contributed by atoms with Gasteiger partial charge in [0.05, 0.1) is 29.0 Å². The maximum atomic E-state index is 11.8. The van der Waals surface area contributed by atoms with Crippen molar-refractivity contribution in [1.82, 2.24) is 4.98 Å². The molecule has 0 radical (unpaired) electrons. The summed E-state index contributed by atoms with van der Waals surface area (Å²) < 4.78 is 5.68. The second-order valence-electron chi connectivity index (χ2n) is 4.47. The average Bonchev–Trinajstić information content (AvgIpc) is 2.88. The van der Waals surface area contributed by atoms with E-state index < -0.39 is 0 Å². The number of hydrogen-bond donors (Lipinski definition) is 1. The molecule has 2 rings (SSSR count). The molecule has 1 N–H and O–H groups in total. The first-order valence-electron chi connectivity index (χ1n) is 6.41. The Morgan fingerprint density at radius 3 is 2.90 bits per heavy atom. The number of para-hydroxylation sites is 1. The maximum absolute atomic E-state index is 11.8. The van der Waals surface area contributed by atoms with E-state index in [2.05, 4.69) is 15.0 Å². The molecule has 0 spiro atoms. The van der Waals surface area contributed by atoms with Crippen LogP contribution < -0.4 is 5.32 Å². The van der Waals surface area contributed by atoms with Crippen molar-refractivity contribution in [3.63, 3.8) is 0 Å². The molecule has 5 nitrogen and oxygen atoms in total. The Kier molecular flexibility index (Phi) is 5.58. The fraction of sp³-hybridized carbons (Fsp3) is 0.357. The van der Waals surface area contributed by atoms with Crippen molar-refractivity contribution in [3.8, 4) is 0 Å². The SMILES string of the molecule is COC(=O)C(C)CSCC(=O)Nc1nc2ccccc2s1. The summed E-state index contributed by atoms with van der Waals surface area (Å²) in [6.07, 6.45) is 0.